The summed E-state index contributed by atoms with van der Waals surface area (Å²) in [5.74, 6) is -1.57. The van der Waals surface area contributed by atoms with E-state index in [1.165, 1.54) is 19.1 Å². The van der Waals surface area contributed by atoms with E-state index in [4.69, 9.17) is 9.47 Å². The highest BCUT2D eigenvalue weighted by Gasteiger charge is 2.78. The van der Waals surface area contributed by atoms with Gasteiger partial charge in [0.1, 0.15) is 6.10 Å². The fraction of sp³-hybridized carbons (Fsp3) is 0.680. The first kappa shape index (κ1) is 22.4. The zero-order chi connectivity index (χ0) is 24.0. The summed E-state index contributed by atoms with van der Waals surface area (Å²) in [7, 11) is 0. The van der Waals surface area contributed by atoms with Crippen LogP contribution in [0, 0.1) is 22.7 Å². The first-order valence-electron chi connectivity index (χ1n) is 11.6. The third-order valence-electron chi connectivity index (χ3n) is 9.31. The molecule has 7 nitrogen and oxygen atoms in total. The van der Waals surface area contributed by atoms with Crippen molar-refractivity contribution in [2.24, 2.45) is 27.7 Å². The molecule has 0 radical (unpaired) electrons. The zero-order valence-electron chi connectivity index (χ0n) is 19.4. The molecule has 3 fully saturated rings. The van der Waals surface area contributed by atoms with Crippen LogP contribution in [0.1, 0.15) is 53.4 Å². The number of hydrogen-bond acceptors (Lipinski definition) is 7. The average Bonchev–Trinajstić information content (AvgIpc) is 3.19. The highest BCUT2D eigenvalue weighted by molar-refractivity contribution is 6.01. The molecule has 5 aliphatic rings. The molecule has 33 heavy (non-hydrogen) atoms. The highest BCUT2D eigenvalue weighted by Crippen LogP contribution is 2.71. The Balaban J connectivity index is 1.60. The molecule has 3 saturated carbocycles. The molecule has 0 amide bonds. The van der Waals surface area contributed by atoms with Gasteiger partial charge in [-0.05, 0) is 50.7 Å². The summed E-state index contributed by atoms with van der Waals surface area (Å²) in [5.41, 5.74) is -4.60. The van der Waals surface area contributed by atoms with E-state index < -0.39 is 52.7 Å². The summed E-state index contributed by atoms with van der Waals surface area (Å²) in [6, 6.07) is 0. The molecule has 5 unspecified atom stereocenters. The molecular formula is C25H30FNO6. The number of carbonyl (C=O) groups is 3. The number of alkyl halides is 1. The Bertz CT molecular complexity index is 1050. The molecule has 5 rings (SSSR count). The van der Waals surface area contributed by atoms with Crippen LogP contribution in [-0.2, 0) is 23.9 Å². The fourth-order valence-corrected chi connectivity index (χ4v) is 7.85. The van der Waals surface area contributed by atoms with Crippen LogP contribution in [-0.4, -0.2) is 58.6 Å². The van der Waals surface area contributed by atoms with Crippen LogP contribution in [0.5, 0.6) is 0 Å². The van der Waals surface area contributed by atoms with Gasteiger partial charge in [-0.3, -0.25) is 14.4 Å². The summed E-state index contributed by atoms with van der Waals surface area (Å²) < 4.78 is 28.2. The molecule has 0 aromatic rings. The van der Waals surface area contributed by atoms with Crippen molar-refractivity contribution in [3.8, 4) is 0 Å². The highest BCUT2D eigenvalue weighted by atomic mass is 19.1. The van der Waals surface area contributed by atoms with Crippen molar-refractivity contribution in [3.63, 3.8) is 0 Å². The van der Waals surface area contributed by atoms with Crippen molar-refractivity contribution in [1.82, 2.24) is 0 Å². The summed E-state index contributed by atoms with van der Waals surface area (Å²) in [6.45, 7) is 6.13. The second-order valence-electron chi connectivity index (χ2n) is 10.7. The van der Waals surface area contributed by atoms with Crippen LogP contribution in [0.4, 0.5) is 4.39 Å². The Labute approximate surface area is 192 Å². The van der Waals surface area contributed by atoms with Crippen molar-refractivity contribution in [3.05, 3.63) is 23.8 Å². The van der Waals surface area contributed by atoms with E-state index in [0.717, 1.165) is 0 Å². The maximum Gasteiger partial charge on any atom is 0.303 e. The van der Waals surface area contributed by atoms with Gasteiger partial charge in [0.25, 0.3) is 0 Å². The predicted octanol–water partition coefficient (Wildman–Crippen LogP) is 2.66. The van der Waals surface area contributed by atoms with Gasteiger partial charge in [-0.1, -0.05) is 18.6 Å². The van der Waals surface area contributed by atoms with Crippen LogP contribution in [0.25, 0.3) is 0 Å². The van der Waals surface area contributed by atoms with Gasteiger partial charge in [0.2, 0.25) is 5.78 Å². The van der Waals surface area contributed by atoms with Gasteiger partial charge in [-0.15, -0.1) is 0 Å². The van der Waals surface area contributed by atoms with Gasteiger partial charge < -0.3 is 14.6 Å². The minimum atomic E-state index is -1.99. The molecule has 1 aliphatic heterocycles. The number of rotatable bonds is 3. The molecule has 8 atom stereocenters. The van der Waals surface area contributed by atoms with Crippen LogP contribution < -0.4 is 0 Å². The Morgan fingerprint density at radius 2 is 2.06 bits per heavy atom. The first-order chi connectivity index (χ1) is 15.4. The number of Topliss-reactive ketones (excluding diaryl/α,β-unsaturated/α-hetero) is 1. The minimum absolute atomic E-state index is 0.0117. The quantitative estimate of drug-likeness (QED) is 0.651. The average molecular weight is 460 g/mol. The molecule has 4 aliphatic carbocycles. The first-order valence-corrected chi connectivity index (χ1v) is 11.6. The maximum atomic E-state index is 17.2. The number of fused-ring (bicyclic) bond motifs is 7. The summed E-state index contributed by atoms with van der Waals surface area (Å²) in [4.78, 5) is 41.6. The Hall–Kier alpha value is -2.35. The predicted molar refractivity (Wildman–Crippen MR) is 116 cm³/mol. The van der Waals surface area contributed by atoms with E-state index in [1.54, 1.807) is 19.9 Å². The van der Waals surface area contributed by atoms with E-state index in [0.29, 0.717) is 30.7 Å². The van der Waals surface area contributed by atoms with Gasteiger partial charge in [0.05, 0.1) is 6.10 Å². The van der Waals surface area contributed by atoms with Crippen molar-refractivity contribution < 1.29 is 33.4 Å². The largest absolute Gasteiger partial charge is 0.475 e. The van der Waals surface area contributed by atoms with E-state index in [-0.39, 0.29) is 23.9 Å². The number of ketones is 2. The third kappa shape index (κ3) is 2.58. The van der Waals surface area contributed by atoms with Gasteiger partial charge in [-0.25, -0.2) is 9.38 Å². The molecule has 1 N–H and O–H groups in total. The molecule has 8 heteroatoms. The standard InChI is InChI=1S/C25H30FNO6/c1-13-27-25(20(31)12-32-14(2)28)21(33-13)10-18-17-6-5-15-9-16(29)7-8-22(15,3)24(17,26)19(30)11-23(18,25)4/h7-9,17-19,21,30H,5-6,10-12H2,1-4H3/t17?,18?,19?,21-,22?,23?,24+,25-/m1/s1. The molecule has 0 bridgehead atoms. The number of halogens is 1. The summed E-state index contributed by atoms with van der Waals surface area (Å²) in [5, 5.41) is 11.4. The lowest BCUT2D eigenvalue weighted by Crippen LogP contribution is -2.69. The van der Waals surface area contributed by atoms with Gasteiger partial charge >= 0.3 is 5.97 Å². The lowest BCUT2D eigenvalue weighted by molar-refractivity contribution is -0.198. The number of hydrogen-bond donors (Lipinski definition) is 1. The SMILES string of the molecule is CC(=O)OCC(=O)[C@@]12N=C(C)O[C@@H]1CC1C3CCC4=CC(=O)C=CC4(C)[C@@]3(F)C(O)CC12C. The molecule has 0 spiro atoms. The monoisotopic (exact) mass is 459 g/mol. The van der Waals surface area contributed by atoms with Crippen LogP contribution in [0.2, 0.25) is 0 Å². The van der Waals surface area contributed by atoms with Gasteiger partial charge in [0, 0.05) is 30.6 Å². The number of aliphatic hydroxyl groups is 1. The smallest absolute Gasteiger partial charge is 0.303 e. The normalized spacial score (nSPS) is 47.4. The van der Waals surface area contributed by atoms with E-state index >= 15 is 4.39 Å². The number of carbonyl (C=O) groups excluding carboxylic acids is 3. The summed E-state index contributed by atoms with van der Waals surface area (Å²) in [6.07, 6.45) is 3.97. The van der Waals surface area contributed by atoms with E-state index in [2.05, 4.69) is 4.99 Å². The topological polar surface area (TPSA) is 102 Å². The van der Waals surface area contributed by atoms with Crippen LogP contribution in [0.3, 0.4) is 0 Å². The number of esters is 1. The molecule has 0 aromatic heterocycles. The Morgan fingerprint density at radius 1 is 1.33 bits per heavy atom. The Morgan fingerprint density at radius 3 is 2.76 bits per heavy atom. The molecule has 1 heterocycles. The maximum absolute atomic E-state index is 17.2. The number of aliphatic imine (C=N–C) groups is 1. The lowest BCUT2D eigenvalue weighted by Gasteiger charge is -2.62. The van der Waals surface area contributed by atoms with Crippen molar-refractivity contribution in [1.29, 1.82) is 0 Å². The number of nitrogens with zero attached hydrogens (tertiary/aromatic N) is 1. The van der Waals surface area contributed by atoms with Gasteiger partial charge in [-0.2, -0.15) is 0 Å². The van der Waals surface area contributed by atoms with Crippen LogP contribution in [0.15, 0.2) is 28.8 Å². The van der Waals surface area contributed by atoms with E-state index in [1.807, 2.05) is 6.92 Å². The number of aliphatic hydroxyl groups excluding tert-OH is 1. The second-order valence-corrected chi connectivity index (χ2v) is 10.7. The molecular weight excluding hydrogens is 429 g/mol. The number of ether oxygens (including phenoxy) is 2. The fourth-order valence-electron chi connectivity index (χ4n) is 7.85. The van der Waals surface area contributed by atoms with Crippen LogP contribution >= 0.6 is 0 Å². The molecule has 0 saturated heterocycles. The second kappa shape index (κ2) is 6.84. The van der Waals surface area contributed by atoms with E-state index in [9.17, 15) is 19.5 Å². The van der Waals surface area contributed by atoms with Crippen molar-refractivity contribution in [2.45, 2.75) is 76.8 Å². The Kier molecular flexibility index (Phi) is 4.65. The zero-order valence-corrected chi connectivity index (χ0v) is 19.4. The third-order valence-corrected chi connectivity index (χ3v) is 9.31. The van der Waals surface area contributed by atoms with Gasteiger partial charge in [0.15, 0.2) is 29.5 Å². The number of allylic oxidation sites excluding steroid dienone is 4. The minimum Gasteiger partial charge on any atom is -0.475 e. The molecule has 178 valence electrons. The van der Waals surface area contributed by atoms with Crippen molar-refractivity contribution in [2.75, 3.05) is 6.61 Å². The summed E-state index contributed by atoms with van der Waals surface area (Å²) >= 11 is 0. The van der Waals surface area contributed by atoms with Crippen molar-refractivity contribution >= 4 is 23.4 Å². The lowest BCUT2D eigenvalue weighted by atomic mass is 9.44. The molecule has 0 aromatic carbocycles.